The molecule has 1 aliphatic rings. The van der Waals surface area contributed by atoms with Crippen LogP contribution in [0.4, 0.5) is 0 Å². The first-order chi connectivity index (χ1) is 6.92. The smallest absolute Gasteiger partial charge is 0.109 e. The van der Waals surface area contributed by atoms with Crippen LogP contribution in [0.2, 0.25) is 0 Å². The largest absolute Gasteiger partial charge is 0.365 e. The fourth-order valence-electron chi connectivity index (χ4n) is 1.89. The monoisotopic (exact) mass is 190 g/mol. The molecule has 0 bridgehead atoms. The highest BCUT2D eigenvalue weighted by molar-refractivity contribution is 5.22. The molecular formula is C13H18O. The number of benzene rings is 1. The summed E-state index contributed by atoms with van der Waals surface area (Å²) in [4.78, 5) is 0. The summed E-state index contributed by atoms with van der Waals surface area (Å²) in [7, 11) is 0. The normalized spacial score (nSPS) is 24.9. The number of hydrogen-bond donors (Lipinski definition) is 0. The van der Waals surface area contributed by atoms with Gasteiger partial charge in [0.05, 0.1) is 6.10 Å². The Labute approximate surface area is 86.1 Å². The van der Waals surface area contributed by atoms with Gasteiger partial charge in [-0.25, -0.2) is 0 Å². The zero-order chi connectivity index (χ0) is 9.80. The molecular weight excluding hydrogens is 172 g/mol. The lowest BCUT2D eigenvalue weighted by Gasteiger charge is -1.95. The number of hydrogen-bond acceptors (Lipinski definition) is 1. The topological polar surface area (TPSA) is 12.5 Å². The fraction of sp³-hybridized carbons (Fsp3) is 0.538. The van der Waals surface area contributed by atoms with Gasteiger partial charge in [-0.15, -0.1) is 0 Å². The Bertz CT molecular complexity index is 268. The van der Waals surface area contributed by atoms with Crippen molar-refractivity contribution in [3.63, 3.8) is 0 Å². The van der Waals surface area contributed by atoms with E-state index in [0.717, 1.165) is 0 Å². The van der Waals surface area contributed by atoms with Crippen molar-refractivity contribution < 1.29 is 4.74 Å². The van der Waals surface area contributed by atoms with Gasteiger partial charge in [0.1, 0.15) is 6.10 Å². The average molecular weight is 190 g/mol. The molecule has 0 saturated carbocycles. The molecule has 14 heavy (non-hydrogen) atoms. The molecule has 1 heteroatoms. The lowest BCUT2D eigenvalue weighted by atomic mass is 10.1. The van der Waals surface area contributed by atoms with Gasteiger partial charge in [-0.3, -0.25) is 0 Å². The van der Waals surface area contributed by atoms with E-state index >= 15 is 0 Å². The first-order valence-electron chi connectivity index (χ1n) is 5.62. The van der Waals surface area contributed by atoms with Gasteiger partial charge in [0.15, 0.2) is 0 Å². The fourth-order valence-corrected chi connectivity index (χ4v) is 1.89. The molecule has 2 rings (SSSR count). The van der Waals surface area contributed by atoms with E-state index in [1.807, 2.05) is 0 Å². The van der Waals surface area contributed by atoms with E-state index in [1.54, 1.807) is 0 Å². The van der Waals surface area contributed by atoms with Crippen molar-refractivity contribution in [1.82, 2.24) is 0 Å². The van der Waals surface area contributed by atoms with E-state index in [0.29, 0.717) is 12.2 Å². The highest BCUT2D eigenvalue weighted by atomic mass is 16.6. The molecule has 1 aromatic rings. The summed E-state index contributed by atoms with van der Waals surface area (Å²) in [6.45, 7) is 2.24. The van der Waals surface area contributed by atoms with Crippen LogP contribution in [0, 0.1) is 0 Å². The van der Waals surface area contributed by atoms with E-state index in [1.165, 1.54) is 31.2 Å². The molecule has 1 aliphatic heterocycles. The van der Waals surface area contributed by atoms with Crippen LogP contribution in [-0.4, -0.2) is 6.10 Å². The summed E-state index contributed by atoms with van der Waals surface area (Å²) in [5.74, 6) is 0. The van der Waals surface area contributed by atoms with Crippen LogP contribution in [0.3, 0.4) is 0 Å². The predicted octanol–water partition coefficient (Wildman–Crippen LogP) is 3.71. The zero-order valence-corrected chi connectivity index (χ0v) is 8.78. The minimum Gasteiger partial charge on any atom is -0.365 e. The molecule has 0 radical (unpaired) electrons. The van der Waals surface area contributed by atoms with Crippen molar-refractivity contribution >= 4 is 0 Å². The lowest BCUT2D eigenvalue weighted by molar-refractivity contribution is 0.361. The Morgan fingerprint density at radius 1 is 1.14 bits per heavy atom. The number of ether oxygens (including phenoxy) is 1. The quantitative estimate of drug-likeness (QED) is 0.509. The van der Waals surface area contributed by atoms with Gasteiger partial charge in [0.2, 0.25) is 0 Å². The van der Waals surface area contributed by atoms with Crippen molar-refractivity contribution in [1.29, 1.82) is 0 Å². The van der Waals surface area contributed by atoms with Crippen LogP contribution >= 0.6 is 0 Å². The molecule has 1 nitrogen and oxygen atoms in total. The van der Waals surface area contributed by atoms with E-state index in [9.17, 15) is 0 Å². The van der Waals surface area contributed by atoms with Crippen LogP contribution in [-0.2, 0) is 4.74 Å². The summed E-state index contributed by atoms with van der Waals surface area (Å²) in [5.41, 5.74) is 1.34. The van der Waals surface area contributed by atoms with E-state index in [2.05, 4.69) is 37.3 Å². The van der Waals surface area contributed by atoms with Gasteiger partial charge in [0, 0.05) is 0 Å². The third-order valence-electron chi connectivity index (χ3n) is 2.80. The van der Waals surface area contributed by atoms with Crippen LogP contribution in [0.1, 0.15) is 44.3 Å². The second-order valence-corrected chi connectivity index (χ2v) is 4.00. The maximum Gasteiger partial charge on any atom is 0.109 e. The summed E-state index contributed by atoms with van der Waals surface area (Å²) in [6.07, 6.45) is 6.07. The highest BCUT2D eigenvalue weighted by Crippen LogP contribution is 2.41. The van der Waals surface area contributed by atoms with Crippen molar-refractivity contribution in [2.45, 2.75) is 44.8 Å². The first kappa shape index (κ1) is 9.72. The third kappa shape index (κ3) is 2.36. The van der Waals surface area contributed by atoms with Crippen LogP contribution in [0.15, 0.2) is 30.3 Å². The number of unbranched alkanes of at least 4 members (excludes halogenated alkanes) is 2. The molecule has 1 aromatic carbocycles. The standard InChI is InChI=1S/C13H18O/c1-2-3-5-10-12-13(14-12)11-8-6-4-7-9-11/h4,6-9,12-13H,2-3,5,10H2,1H3/t12-,13-/m0/s1. The molecule has 1 heterocycles. The molecule has 1 saturated heterocycles. The van der Waals surface area contributed by atoms with Gasteiger partial charge in [-0.2, -0.15) is 0 Å². The average Bonchev–Trinajstić information content (AvgIpc) is 2.99. The van der Waals surface area contributed by atoms with Crippen LogP contribution < -0.4 is 0 Å². The van der Waals surface area contributed by atoms with Crippen molar-refractivity contribution in [2.24, 2.45) is 0 Å². The first-order valence-corrected chi connectivity index (χ1v) is 5.62. The second-order valence-electron chi connectivity index (χ2n) is 4.00. The van der Waals surface area contributed by atoms with E-state index < -0.39 is 0 Å². The Morgan fingerprint density at radius 2 is 1.93 bits per heavy atom. The predicted molar refractivity (Wildman–Crippen MR) is 58.2 cm³/mol. The maximum absolute atomic E-state index is 5.65. The van der Waals surface area contributed by atoms with Crippen molar-refractivity contribution in [3.05, 3.63) is 35.9 Å². The molecule has 0 aromatic heterocycles. The van der Waals surface area contributed by atoms with E-state index in [-0.39, 0.29) is 0 Å². The van der Waals surface area contributed by atoms with Gasteiger partial charge >= 0.3 is 0 Å². The van der Waals surface area contributed by atoms with Gasteiger partial charge in [-0.05, 0) is 12.0 Å². The molecule has 0 spiro atoms. The SMILES string of the molecule is CCCCC[C@@H]1O[C@H]1c1ccccc1. The Hall–Kier alpha value is -0.820. The van der Waals surface area contributed by atoms with Gasteiger partial charge in [-0.1, -0.05) is 56.5 Å². The van der Waals surface area contributed by atoms with Crippen LogP contribution in [0.25, 0.3) is 0 Å². The van der Waals surface area contributed by atoms with Gasteiger partial charge < -0.3 is 4.74 Å². The summed E-state index contributed by atoms with van der Waals surface area (Å²) >= 11 is 0. The maximum atomic E-state index is 5.65. The Balaban J connectivity index is 1.76. The van der Waals surface area contributed by atoms with Crippen LogP contribution in [0.5, 0.6) is 0 Å². The molecule has 1 fully saturated rings. The molecule has 76 valence electrons. The summed E-state index contributed by atoms with van der Waals surface area (Å²) in [6, 6.07) is 10.5. The Morgan fingerprint density at radius 3 is 2.64 bits per heavy atom. The zero-order valence-electron chi connectivity index (χ0n) is 8.78. The molecule has 2 atom stereocenters. The summed E-state index contributed by atoms with van der Waals surface area (Å²) in [5, 5.41) is 0. The Kier molecular flexibility index (Phi) is 3.20. The minimum atomic E-state index is 0.396. The third-order valence-corrected chi connectivity index (χ3v) is 2.80. The summed E-state index contributed by atoms with van der Waals surface area (Å²) < 4.78 is 5.65. The van der Waals surface area contributed by atoms with E-state index in [4.69, 9.17) is 4.74 Å². The second kappa shape index (κ2) is 4.61. The molecule has 0 N–H and O–H groups in total. The number of epoxide rings is 1. The van der Waals surface area contributed by atoms with Crippen molar-refractivity contribution in [3.8, 4) is 0 Å². The van der Waals surface area contributed by atoms with Crippen molar-refractivity contribution in [2.75, 3.05) is 0 Å². The lowest BCUT2D eigenvalue weighted by Crippen LogP contribution is -1.88. The minimum absolute atomic E-state index is 0.396. The van der Waals surface area contributed by atoms with Gasteiger partial charge in [0.25, 0.3) is 0 Å². The molecule has 0 unspecified atom stereocenters. The highest BCUT2D eigenvalue weighted by Gasteiger charge is 2.38. The molecule has 0 aliphatic carbocycles. The number of rotatable bonds is 5. The molecule has 0 amide bonds.